The van der Waals surface area contributed by atoms with E-state index < -0.39 is 77.9 Å². The number of aromatic nitrogens is 1. The van der Waals surface area contributed by atoms with Gasteiger partial charge in [0.15, 0.2) is 0 Å². The number of nitrogens with zero attached hydrogens (tertiary/aromatic N) is 4. The summed E-state index contributed by atoms with van der Waals surface area (Å²) in [5.41, 5.74) is 8.84. The third kappa shape index (κ3) is 13.6. The van der Waals surface area contributed by atoms with Gasteiger partial charge in [-0.15, -0.1) is 11.6 Å². The average Bonchev–Trinajstić information content (AvgIpc) is 4.19. The minimum atomic E-state index is -1.51. The van der Waals surface area contributed by atoms with E-state index in [-0.39, 0.29) is 55.0 Å². The topological polar surface area (TPSA) is 295 Å². The number of ether oxygens (including phenoxy) is 1. The second-order valence-corrected chi connectivity index (χ2v) is 20.6. The Labute approximate surface area is 459 Å². The quantitative estimate of drug-likeness (QED) is 0.0423. The smallest absolute Gasteiger partial charge is 0.409 e. The number of carbonyl (C=O) groups is 10. The fourth-order valence-electron chi connectivity index (χ4n) is 9.68. The minimum Gasteiger partial charge on any atom is -0.409 e. The lowest BCUT2D eigenvalue weighted by molar-refractivity contribution is -0.137. The second kappa shape index (κ2) is 24.8. The van der Waals surface area contributed by atoms with E-state index in [0.29, 0.717) is 59.0 Å². The van der Waals surface area contributed by atoms with Crippen LogP contribution in [0, 0.1) is 5.92 Å². The summed E-state index contributed by atoms with van der Waals surface area (Å²) in [5, 5.41) is 15.4. The zero-order valence-electron chi connectivity index (χ0n) is 44.1. The Kier molecular flexibility index (Phi) is 17.8. The molecule has 23 heteroatoms. The number of nitrogens with one attached hydrogen (secondary N) is 6. The van der Waals surface area contributed by atoms with E-state index in [2.05, 4.69) is 36.5 Å². The third-order valence-electron chi connectivity index (χ3n) is 13.9. The highest BCUT2D eigenvalue weighted by Gasteiger charge is 2.37. The van der Waals surface area contributed by atoms with E-state index in [0.717, 1.165) is 46.5 Å². The van der Waals surface area contributed by atoms with Crippen molar-refractivity contribution in [2.45, 2.75) is 70.5 Å². The molecule has 1 aromatic heterocycles. The summed E-state index contributed by atoms with van der Waals surface area (Å²) >= 11 is 6.55. The Hall–Kier alpha value is -8.63. The molecule has 0 aliphatic carbocycles. The molecule has 1 saturated heterocycles. The van der Waals surface area contributed by atoms with Crippen molar-refractivity contribution in [2.24, 2.45) is 11.7 Å². The molecule has 1 fully saturated rings. The maximum Gasteiger partial charge on any atom is 0.415 e. The van der Waals surface area contributed by atoms with Crippen LogP contribution in [0.5, 0.6) is 5.75 Å². The van der Waals surface area contributed by atoms with Crippen LogP contribution >= 0.6 is 11.6 Å². The number of imide groups is 1. The van der Waals surface area contributed by atoms with Gasteiger partial charge in [0.2, 0.25) is 29.5 Å². The molecule has 5 aromatic rings. The first-order chi connectivity index (χ1) is 37.8. The Morgan fingerprint density at radius 3 is 2.11 bits per heavy atom. The third-order valence-corrected chi connectivity index (χ3v) is 14.3. The molecular formula is C56H62ClN11O11. The van der Waals surface area contributed by atoms with Crippen molar-refractivity contribution < 1.29 is 52.7 Å². The number of likely N-dealkylation sites (N-methyl/N-ethyl adjacent to an activating group) is 1. The number of hydrogen-bond acceptors (Lipinski definition) is 12. The Balaban J connectivity index is 0.876. The summed E-state index contributed by atoms with van der Waals surface area (Å²) in [4.78, 5) is 140. The van der Waals surface area contributed by atoms with Crippen molar-refractivity contribution in [2.75, 3.05) is 67.7 Å². The van der Waals surface area contributed by atoms with Gasteiger partial charge in [0.05, 0.1) is 12.1 Å². The van der Waals surface area contributed by atoms with Crippen LogP contribution in [0.2, 0.25) is 0 Å². The SMILES string of the molecule is CC(C)C[C@H](NC(=O)[C@H](CC(N)=O)NC(=O)[C@H](C)NC(=O)CCCN1C(=O)C=CC1=O)C(=O)Nc1ccc(C(=O)Nc2ccc3[nH]c(C(=O)N4C[C@@H](CCl)c5c4cc(OC(=O)N4CCN(C)CC4)c4ccccc54)cc3c2)cc1. The molecule has 414 valence electrons. The zero-order valence-corrected chi connectivity index (χ0v) is 44.8. The van der Waals surface area contributed by atoms with Crippen molar-refractivity contribution in [1.82, 2.24) is 35.6 Å². The number of primary amides is 1. The number of amides is 10. The van der Waals surface area contributed by atoms with Crippen molar-refractivity contribution >= 4 is 110 Å². The van der Waals surface area contributed by atoms with Gasteiger partial charge in [-0.3, -0.25) is 48.1 Å². The van der Waals surface area contributed by atoms with Crippen molar-refractivity contribution in [3.05, 3.63) is 108 Å². The Bertz CT molecular complexity index is 3240. The minimum absolute atomic E-state index is 0.00509. The van der Waals surface area contributed by atoms with Crippen LogP contribution in [-0.2, 0) is 33.6 Å². The van der Waals surface area contributed by atoms with Gasteiger partial charge in [0.25, 0.3) is 23.6 Å². The average molecular weight is 1100 g/mol. The lowest BCUT2D eigenvalue weighted by atomic mass is 9.95. The van der Waals surface area contributed by atoms with Gasteiger partial charge in [0.1, 0.15) is 29.6 Å². The molecule has 0 spiro atoms. The first-order valence-corrected chi connectivity index (χ1v) is 26.5. The van der Waals surface area contributed by atoms with E-state index >= 15 is 0 Å². The van der Waals surface area contributed by atoms with Gasteiger partial charge in [-0.1, -0.05) is 38.1 Å². The number of benzene rings is 4. The van der Waals surface area contributed by atoms with Crippen LogP contribution in [0.4, 0.5) is 21.9 Å². The molecule has 4 atom stereocenters. The molecule has 4 heterocycles. The number of halogens is 1. The molecule has 0 radical (unpaired) electrons. The predicted octanol–water partition coefficient (Wildman–Crippen LogP) is 4.34. The van der Waals surface area contributed by atoms with Gasteiger partial charge in [0, 0.05) is 109 Å². The molecule has 22 nitrogen and oxygen atoms in total. The number of H-pyrrole nitrogens is 1. The van der Waals surface area contributed by atoms with Crippen LogP contribution in [0.15, 0.2) is 91.0 Å². The van der Waals surface area contributed by atoms with Gasteiger partial charge in [-0.25, -0.2) is 4.79 Å². The number of anilines is 3. The Morgan fingerprint density at radius 1 is 0.772 bits per heavy atom. The molecule has 3 aliphatic rings. The normalized spacial score (nSPS) is 16.4. The lowest BCUT2D eigenvalue weighted by Gasteiger charge is -2.31. The van der Waals surface area contributed by atoms with Crippen LogP contribution in [0.3, 0.4) is 0 Å². The number of piperazine rings is 1. The number of carbonyl (C=O) groups excluding carboxylic acids is 10. The first kappa shape index (κ1) is 56.6. The summed E-state index contributed by atoms with van der Waals surface area (Å²) in [6.45, 7) is 7.86. The van der Waals surface area contributed by atoms with Gasteiger partial charge < -0.3 is 56.7 Å². The summed E-state index contributed by atoms with van der Waals surface area (Å²) < 4.78 is 6.05. The summed E-state index contributed by atoms with van der Waals surface area (Å²) in [7, 11) is 2.00. The number of nitrogens with two attached hydrogens (primary N) is 1. The molecule has 0 saturated carbocycles. The van der Waals surface area contributed by atoms with Crippen molar-refractivity contribution in [3.63, 3.8) is 0 Å². The van der Waals surface area contributed by atoms with Gasteiger partial charge in [-0.05, 0) is 92.2 Å². The van der Waals surface area contributed by atoms with E-state index in [1.54, 1.807) is 40.1 Å². The lowest BCUT2D eigenvalue weighted by Crippen LogP contribution is -2.56. The molecule has 0 bridgehead atoms. The van der Waals surface area contributed by atoms with Crippen LogP contribution in [0.1, 0.15) is 78.8 Å². The fourth-order valence-corrected chi connectivity index (χ4v) is 9.93. The summed E-state index contributed by atoms with van der Waals surface area (Å²) in [5.74, 6) is -5.25. The highest BCUT2D eigenvalue weighted by Crippen LogP contribution is 2.46. The molecule has 8 N–H and O–H groups in total. The molecule has 10 amide bonds. The summed E-state index contributed by atoms with van der Waals surface area (Å²) in [6, 6.07) is 18.4. The zero-order chi connectivity index (χ0) is 56.7. The van der Waals surface area contributed by atoms with Crippen molar-refractivity contribution in [3.8, 4) is 5.75 Å². The van der Waals surface area contributed by atoms with Crippen LogP contribution in [-0.4, -0.2) is 149 Å². The summed E-state index contributed by atoms with van der Waals surface area (Å²) in [6.07, 6.45) is 1.37. The van der Waals surface area contributed by atoms with E-state index in [1.165, 1.54) is 31.2 Å². The highest BCUT2D eigenvalue weighted by atomic mass is 35.5. The number of rotatable bonds is 20. The molecule has 3 aliphatic heterocycles. The van der Waals surface area contributed by atoms with Crippen LogP contribution < -0.4 is 42.0 Å². The number of aromatic amines is 1. The van der Waals surface area contributed by atoms with Gasteiger partial charge in [-0.2, -0.15) is 0 Å². The molecule has 0 unspecified atom stereocenters. The molecule has 79 heavy (non-hydrogen) atoms. The second-order valence-electron chi connectivity index (χ2n) is 20.3. The molecule has 8 rings (SSSR count). The van der Waals surface area contributed by atoms with E-state index in [9.17, 15) is 47.9 Å². The van der Waals surface area contributed by atoms with Crippen LogP contribution in [0.25, 0.3) is 21.7 Å². The maximum absolute atomic E-state index is 14.4. The van der Waals surface area contributed by atoms with Gasteiger partial charge >= 0.3 is 6.09 Å². The standard InChI is InChI=1S/C56H62ClN11O11/c1-31(2)24-41(64-54(76)42(27-46(58)69)63-51(73)32(3)59-47(70)10-7-19-67-48(71)17-18-49(67)72)53(75)60-36-13-11-33(12-14-36)52(74)61-37-15-16-40-34(25-37)26-43(62-40)55(77)68-30-35(29-57)50-39-9-6-5-8-38(39)45(28-44(50)68)79-56(78)66-22-20-65(4)21-23-66/h5-6,8-9,11-18,25-26,28,31-32,35,41-42,62H,7,10,19-24,27,29-30H2,1-4H3,(H2,58,69)(H,59,70)(H,60,75)(H,61,74)(H,63,73)(H,64,76)/t32-,35+,41-,42-/m0/s1. The maximum atomic E-state index is 14.4. The van der Waals surface area contributed by atoms with E-state index in [1.807, 2.05) is 45.2 Å². The predicted molar refractivity (Wildman–Crippen MR) is 295 cm³/mol. The molecular weight excluding hydrogens is 1040 g/mol. The molecule has 4 aromatic carbocycles. The first-order valence-electron chi connectivity index (χ1n) is 25.9. The fraction of sp³-hybridized carbons (Fsp3) is 0.357. The number of fused-ring (bicyclic) bond motifs is 4. The number of hydrogen-bond donors (Lipinski definition) is 7. The monoisotopic (exact) mass is 1100 g/mol. The Morgan fingerprint density at radius 2 is 1.44 bits per heavy atom. The number of alkyl halides is 1. The largest absolute Gasteiger partial charge is 0.415 e. The van der Waals surface area contributed by atoms with E-state index in [4.69, 9.17) is 22.1 Å². The van der Waals surface area contributed by atoms with Crippen molar-refractivity contribution in [1.29, 1.82) is 0 Å². The highest BCUT2D eigenvalue weighted by molar-refractivity contribution is 6.19.